The summed E-state index contributed by atoms with van der Waals surface area (Å²) >= 11 is 0. The number of nitrogens with zero attached hydrogens (tertiary/aromatic N) is 2. The van der Waals surface area contributed by atoms with Crippen molar-refractivity contribution in [3.63, 3.8) is 0 Å². The lowest BCUT2D eigenvalue weighted by Gasteiger charge is -2.29. The highest BCUT2D eigenvalue weighted by molar-refractivity contribution is 5.85. The van der Waals surface area contributed by atoms with E-state index in [2.05, 4.69) is 34.1 Å². The minimum absolute atomic E-state index is 0.322. The van der Waals surface area contributed by atoms with Crippen molar-refractivity contribution in [3.8, 4) is 5.75 Å². The number of aromatic nitrogens is 1. The zero-order valence-electron chi connectivity index (χ0n) is 12.7. The van der Waals surface area contributed by atoms with E-state index in [0.29, 0.717) is 6.73 Å². The van der Waals surface area contributed by atoms with Crippen LogP contribution in [0.5, 0.6) is 5.75 Å². The number of benzene rings is 2. The molecule has 116 valence electrons. The molecule has 1 aliphatic heterocycles. The summed E-state index contributed by atoms with van der Waals surface area (Å²) in [5.41, 5.74) is 3.18. The predicted molar refractivity (Wildman–Crippen MR) is 87.8 cm³/mol. The van der Waals surface area contributed by atoms with Crippen LogP contribution in [-0.4, -0.2) is 23.2 Å². The van der Waals surface area contributed by atoms with Crippen LogP contribution in [0, 0.1) is 5.82 Å². The summed E-state index contributed by atoms with van der Waals surface area (Å²) in [4.78, 5) is 6.46. The zero-order valence-corrected chi connectivity index (χ0v) is 12.7. The molecule has 0 radical (unpaired) electrons. The highest BCUT2D eigenvalue weighted by Crippen LogP contribution is 2.32. The molecule has 1 aliphatic rings. The summed E-state index contributed by atoms with van der Waals surface area (Å²) in [6.45, 7) is 2.31. The molecule has 0 saturated carbocycles. The minimum atomic E-state index is -0.322. The molecule has 2 aromatic carbocycles. The molecule has 3 nitrogen and oxygen atoms in total. The van der Waals surface area contributed by atoms with Crippen LogP contribution in [0.1, 0.15) is 11.1 Å². The van der Waals surface area contributed by atoms with E-state index >= 15 is 0 Å². The lowest BCUT2D eigenvalue weighted by Crippen LogP contribution is -2.33. The Morgan fingerprint density at radius 3 is 2.87 bits per heavy atom. The first-order chi connectivity index (χ1) is 11.3. The average molecular weight is 308 g/mol. The first kappa shape index (κ1) is 14.2. The van der Waals surface area contributed by atoms with E-state index in [4.69, 9.17) is 4.74 Å². The molecule has 0 atom stereocenters. The third kappa shape index (κ3) is 2.90. The van der Waals surface area contributed by atoms with E-state index in [-0.39, 0.29) is 5.82 Å². The van der Waals surface area contributed by atoms with E-state index in [1.807, 2.05) is 18.2 Å². The Morgan fingerprint density at radius 2 is 2.00 bits per heavy atom. The largest absolute Gasteiger partial charge is 0.475 e. The summed E-state index contributed by atoms with van der Waals surface area (Å²) in [7, 11) is 0. The summed E-state index contributed by atoms with van der Waals surface area (Å²) < 4.78 is 19.2. The van der Waals surface area contributed by atoms with Crippen LogP contribution in [0.15, 0.2) is 54.7 Å². The number of halogens is 1. The number of pyridine rings is 1. The van der Waals surface area contributed by atoms with Gasteiger partial charge < -0.3 is 4.74 Å². The molecule has 1 aromatic heterocycles. The van der Waals surface area contributed by atoms with Gasteiger partial charge in [0.25, 0.3) is 0 Å². The standard InChI is InChI=1S/C19H17FN2O/c20-17-10-15-6-7-16-12-22(9-8-14-4-2-1-3-5-14)13-23-19(16)18(15)21-11-17/h1-7,10-11H,8-9,12-13H2. The van der Waals surface area contributed by atoms with Crippen LogP contribution in [0.3, 0.4) is 0 Å². The molecule has 3 aromatic rings. The number of fused-ring (bicyclic) bond motifs is 3. The molecule has 0 fully saturated rings. The second-order valence-electron chi connectivity index (χ2n) is 5.84. The lowest BCUT2D eigenvalue weighted by molar-refractivity contribution is 0.0980. The Bertz CT molecular complexity index is 835. The van der Waals surface area contributed by atoms with Crippen LogP contribution in [0.4, 0.5) is 4.39 Å². The van der Waals surface area contributed by atoms with Crippen molar-refractivity contribution in [3.05, 3.63) is 71.7 Å². The van der Waals surface area contributed by atoms with Gasteiger partial charge in [0.05, 0.1) is 6.20 Å². The lowest BCUT2D eigenvalue weighted by atomic mass is 10.1. The quantitative estimate of drug-likeness (QED) is 0.736. The second kappa shape index (κ2) is 5.97. The average Bonchev–Trinajstić information content (AvgIpc) is 2.60. The molecule has 0 amide bonds. The highest BCUT2D eigenvalue weighted by atomic mass is 19.1. The van der Waals surface area contributed by atoms with E-state index < -0.39 is 0 Å². The SMILES string of the molecule is Fc1cnc2c3c(ccc2c1)CN(CCc1ccccc1)CO3. The molecule has 0 N–H and O–H groups in total. The van der Waals surface area contributed by atoms with Crippen molar-refractivity contribution in [2.75, 3.05) is 13.3 Å². The van der Waals surface area contributed by atoms with E-state index in [1.165, 1.54) is 17.8 Å². The number of rotatable bonds is 3. The van der Waals surface area contributed by atoms with Crippen LogP contribution in [0.2, 0.25) is 0 Å². The van der Waals surface area contributed by atoms with Crippen LogP contribution >= 0.6 is 0 Å². The van der Waals surface area contributed by atoms with Gasteiger partial charge in [0.15, 0.2) is 5.75 Å². The van der Waals surface area contributed by atoms with Gasteiger partial charge in [0.2, 0.25) is 0 Å². The van der Waals surface area contributed by atoms with Crippen molar-refractivity contribution >= 4 is 10.9 Å². The maximum absolute atomic E-state index is 13.3. The topological polar surface area (TPSA) is 25.4 Å². The Hall–Kier alpha value is -2.46. The van der Waals surface area contributed by atoms with Crippen molar-refractivity contribution in [1.82, 2.24) is 9.88 Å². The van der Waals surface area contributed by atoms with Crippen LogP contribution in [-0.2, 0) is 13.0 Å². The van der Waals surface area contributed by atoms with Gasteiger partial charge in [-0.05, 0) is 18.1 Å². The predicted octanol–water partition coefficient (Wildman–Crippen LogP) is 3.77. The van der Waals surface area contributed by atoms with Gasteiger partial charge in [0, 0.05) is 24.0 Å². The second-order valence-corrected chi connectivity index (χ2v) is 5.84. The molecule has 4 heteroatoms. The molecule has 0 saturated heterocycles. The van der Waals surface area contributed by atoms with Gasteiger partial charge in [-0.2, -0.15) is 0 Å². The maximum atomic E-state index is 13.3. The van der Waals surface area contributed by atoms with Gasteiger partial charge in [-0.25, -0.2) is 9.37 Å². The van der Waals surface area contributed by atoms with Gasteiger partial charge in [-0.15, -0.1) is 0 Å². The molecular weight excluding hydrogens is 291 g/mol. The fourth-order valence-corrected chi connectivity index (χ4v) is 2.99. The molecular formula is C19H17FN2O. The summed E-state index contributed by atoms with van der Waals surface area (Å²) in [6, 6.07) is 15.9. The molecule has 4 rings (SSSR count). The fourth-order valence-electron chi connectivity index (χ4n) is 2.99. The van der Waals surface area contributed by atoms with E-state index in [0.717, 1.165) is 41.7 Å². The van der Waals surface area contributed by atoms with Crippen molar-refractivity contribution in [1.29, 1.82) is 0 Å². The number of hydrogen-bond acceptors (Lipinski definition) is 3. The first-order valence-corrected chi connectivity index (χ1v) is 7.76. The molecule has 0 spiro atoms. The molecule has 2 heterocycles. The van der Waals surface area contributed by atoms with Crippen molar-refractivity contribution < 1.29 is 9.13 Å². The Kier molecular flexibility index (Phi) is 3.67. The van der Waals surface area contributed by atoms with E-state index in [9.17, 15) is 4.39 Å². The van der Waals surface area contributed by atoms with Crippen LogP contribution in [0.25, 0.3) is 10.9 Å². The molecule has 0 bridgehead atoms. The zero-order chi connectivity index (χ0) is 15.6. The molecule has 23 heavy (non-hydrogen) atoms. The Balaban J connectivity index is 1.52. The molecule has 0 aliphatic carbocycles. The maximum Gasteiger partial charge on any atom is 0.152 e. The van der Waals surface area contributed by atoms with Gasteiger partial charge in [-0.1, -0.05) is 42.5 Å². The Morgan fingerprint density at radius 1 is 1.13 bits per heavy atom. The van der Waals surface area contributed by atoms with Crippen LogP contribution < -0.4 is 4.74 Å². The van der Waals surface area contributed by atoms with Gasteiger partial charge >= 0.3 is 0 Å². The van der Waals surface area contributed by atoms with Gasteiger partial charge in [0.1, 0.15) is 18.1 Å². The monoisotopic (exact) mass is 308 g/mol. The fraction of sp³-hybridized carbons (Fsp3) is 0.211. The number of hydrogen-bond donors (Lipinski definition) is 0. The number of ether oxygens (including phenoxy) is 1. The minimum Gasteiger partial charge on any atom is -0.475 e. The molecule has 0 unspecified atom stereocenters. The third-order valence-corrected chi connectivity index (χ3v) is 4.20. The normalized spacial score (nSPS) is 14.5. The summed E-state index contributed by atoms with van der Waals surface area (Å²) in [6.07, 6.45) is 2.24. The summed E-state index contributed by atoms with van der Waals surface area (Å²) in [5, 5.41) is 0.779. The summed E-state index contributed by atoms with van der Waals surface area (Å²) in [5.74, 6) is 0.469. The highest BCUT2D eigenvalue weighted by Gasteiger charge is 2.20. The smallest absolute Gasteiger partial charge is 0.152 e. The van der Waals surface area contributed by atoms with E-state index in [1.54, 1.807) is 0 Å². The Labute approximate surface area is 134 Å². The third-order valence-electron chi connectivity index (χ3n) is 4.20. The van der Waals surface area contributed by atoms with Crippen molar-refractivity contribution in [2.45, 2.75) is 13.0 Å². The van der Waals surface area contributed by atoms with Crippen molar-refractivity contribution in [2.24, 2.45) is 0 Å². The van der Waals surface area contributed by atoms with Gasteiger partial charge in [-0.3, -0.25) is 4.90 Å². The first-order valence-electron chi connectivity index (χ1n) is 7.76.